The van der Waals surface area contributed by atoms with E-state index in [9.17, 15) is 13.2 Å². The van der Waals surface area contributed by atoms with E-state index in [4.69, 9.17) is 5.73 Å². The van der Waals surface area contributed by atoms with Gasteiger partial charge in [-0.1, -0.05) is 24.6 Å². The molecule has 0 bridgehead atoms. The lowest BCUT2D eigenvalue weighted by Crippen LogP contribution is -2.49. The van der Waals surface area contributed by atoms with Crippen molar-refractivity contribution in [3.8, 4) is 0 Å². The van der Waals surface area contributed by atoms with Crippen LogP contribution in [0.5, 0.6) is 0 Å². The van der Waals surface area contributed by atoms with Gasteiger partial charge in [-0.25, -0.2) is 0 Å². The van der Waals surface area contributed by atoms with Crippen LogP contribution in [0.25, 0.3) is 0 Å². The monoisotopic (exact) mass is 285 g/mol. The van der Waals surface area contributed by atoms with Crippen LogP contribution in [0.1, 0.15) is 42.4 Å². The van der Waals surface area contributed by atoms with Gasteiger partial charge in [0, 0.05) is 5.54 Å². The number of benzene rings is 1. The Kier molecular flexibility index (Phi) is 4.14. The number of aryl methyl sites for hydroxylation is 2. The molecule has 1 saturated carbocycles. The first-order chi connectivity index (χ1) is 9.21. The third kappa shape index (κ3) is 3.35. The van der Waals surface area contributed by atoms with Crippen molar-refractivity contribution in [3.63, 3.8) is 0 Å². The molecule has 112 valence electrons. The second kappa shape index (κ2) is 5.40. The van der Waals surface area contributed by atoms with E-state index in [-0.39, 0.29) is 12.8 Å². The van der Waals surface area contributed by atoms with Crippen LogP contribution in [0, 0.1) is 19.8 Å². The van der Waals surface area contributed by atoms with Gasteiger partial charge in [-0.3, -0.25) is 0 Å². The first-order valence-corrected chi connectivity index (χ1v) is 7.12. The van der Waals surface area contributed by atoms with Crippen LogP contribution in [-0.2, 0) is 6.42 Å². The summed E-state index contributed by atoms with van der Waals surface area (Å²) in [6.07, 6.45) is -2.08. The molecule has 2 atom stereocenters. The summed E-state index contributed by atoms with van der Waals surface area (Å²) in [5.74, 6) is -1.24. The van der Waals surface area contributed by atoms with Gasteiger partial charge in [-0.15, -0.1) is 0 Å². The number of nitrogens with two attached hydrogens (primary N) is 1. The van der Waals surface area contributed by atoms with E-state index in [0.717, 1.165) is 16.7 Å². The minimum absolute atomic E-state index is 0.0459. The molecule has 0 radical (unpaired) electrons. The van der Waals surface area contributed by atoms with Crippen molar-refractivity contribution in [2.75, 3.05) is 0 Å². The summed E-state index contributed by atoms with van der Waals surface area (Å²) in [6.45, 7) is 3.99. The Morgan fingerprint density at radius 3 is 2.40 bits per heavy atom. The van der Waals surface area contributed by atoms with Crippen molar-refractivity contribution in [3.05, 3.63) is 34.9 Å². The molecular weight excluding hydrogens is 263 g/mol. The van der Waals surface area contributed by atoms with E-state index >= 15 is 0 Å². The van der Waals surface area contributed by atoms with E-state index < -0.39 is 17.6 Å². The molecule has 0 aliphatic heterocycles. The van der Waals surface area contributed by atoms with Crippen molar-refractivity contribution in [1.82, 2.24) is 0 Å². The van der Waals surface area contributed by atoms with E-state index in [0.29, 0.717) is 19.3 Å². The fraction of sp³-hybridized carbons (Fsp3) is 0.625. The predicted octanol–water partition coefficient (Wildman–Crippen LogP) is 4.30. The molecular formula is C16H22F3N. The lowest BCUT2D eigenvalue weighted by molar-refractivity contribution is -0.187. The topological polar surface area (TPSA) is 26.0 Å². The highest BCUT2D eigenvalue weighted by molar-refractivity contribution is 5.35. The van der Waals surface area contributed by atoms with Gasteiger partial charge in [0.15, 0.2) is 0 Å². The third-order valence-corrected chi connectivity index (χ3v) is 4.52. The largest absolute Gasteiger partial charge is 0.391 e. The minimum atomic E-state index is -4.12. The highest BCUT2D eigenvalue weighted by atomic mass is 19.4. The van der Waals surface area contributed by atoms with Crippen molar-refractivity contribution in [2.24, 2.45) is 11.7 Å². The zero-order valence-electron chi connectivity index (χ0n) is 12.1. The standard InChI is InChI=1S/C16H22F3N/c1-11-5-3-6-12(2)14(11)10-15(20)8-4-7-13(9-15)16(17,18)19/h3,5-6,13H,4,7-10,20H2,1-2H3. The molecule has 2 unspecified atom stereocenters. The van der Waals surface area contributed by atoms with Gasteiger partial charge in [-0.05, 0) is 56.2 Å². The molecule has 1 aromatic rings. The molecule has 0 spiro atoms. The van der Waals surface area contributed by atoms with Crippen LogP contribution >= 0.6 is 0 Å². The molecule has 1 fully saturated rings. The van der Waals surface area contributed by atoms with Crippen molar-refractivity contribution >= 4 is 0 Å². The first kappa shape index (κ1) is 15.4. The number of hydrogen-bond donors (Lipinski definition) is 1. The molecule has 1 aliphatic rings. The zero-order valence-corrected chi connectivity index (χ0v) is 12.1. The average Bonchev–Trinajstić information content (AvgIpc) is 2.33. The quantitative estimate of drug-likeness (QED) is 0.861. The summed E-state index contributed by atoms with van der Waals surface area (Å²) in [5.41, 5.74) is 8.93. The van der Waals surface area contributed by atoms with Crippen molar-refractivity contribution in [2.45, 2.75) is 57.7 Å². The maximum absolute atomic E-state index is 12.9. The second-order valence-electron chi connectivity index (χ2n) is 6.24. The molecule has 20 heavy (non-hydrogen) atoms. The van der Waals surface area contributed by atoms with Crippen molar-refractivity contribution < 1.29 is 13.2 Å². The minimum Gasteiger partial charge on any atom is -0.325 e. The fourth-order valence-corrected chi connectivity index (χ4v) is 3.32. The summed E-state index contributed by atoms with van der Waals surface area (Å²) in [7, 11) is 0. The molecule has 0 saturated heterocycles. The highest BCUT2D eigenvalue weighted by Gasteiger charge is 2.46. The van der Waals surface area contributed by atoms with Crippen LogP contribution in [0.4, 0.5) is 13.2 Å². The maximum atomic E-state index is 12.9. The van der Waals surface area contributed by atoms with Crippen LogP contribution in [-0.4, -0.2) is 11.7 Å². The SMILES string of the molecule is Cc1cccc(C)c1CC1(N)CCCC(C(F)(F)F)C1. The molecule has 0 amide bonds. The summed E-state index contributed by atoms with van der Waals surface area (Å²) in [5, 5.41) is 0. The maximum Gasteiger partial charge on any atom is 0.391 e. The normalized spacial score (nSPS) is 27.6. The summed E-state index contributed by atoms with van der Waals surface area (Å²) in [6, 6.07) is 5.96. The molecule has 1 aliphatic carbocycles. The molecule has 2 N–H and O–H groups in total. The average molecular weight is 285 g/mol. The van der Waals surface area contributed by atoms with E-state index in [1.54, 1.807) is 0 Å². The zero-order chi connectivity index (χ0) is 15.0. The van der Waals surface area contributed by atoms with Crippen molar-refractivity contribution in [1.29, 1.82) is 0 Å². The second-order valence-corrected chi connectivity index (χ2v) is 6.24. The number of rotatable bonds is 2. The Hall–Kier alpha value is -1.03. The molecule has 2 rings (SSSR count). The van der Waals surface area contributed by atoms with Gasteiger partial charge in [-0.2, -0.15) is 13.2 Å². The smallest absolute Gasteiger partial charge is 0.325 e. The van der Waals surface area contributed by atoms with Crippen LogP contribution in [0.15, 0.2) is 18.2 Å². The molecule has 0 aromatic heterocycles. The first-order valence-electron chi connectivity index (χ1n) is 7.12. The number of hydrogen-bond acceptors (Lipinski definition) is 1. The lowest BCUT2D eigenvalue weighted by atomic mass is 9.72. The van der Waals surface area contributed by atoms with Gasteiger partial charge < -0.3 is 5.73 Å². The Balaban J connectivity index is 2.19. The molecule has 0 heterocycles. The third-order valence-electron chi connectivity index (χ3n) is 4.52. The Labute approximate surface area is 118 Å². The molecule has 1 nitrogen and oxygen atoms in total. The fourth-order valence-electron chi connectivity index (χ4n) is 3.32. The highest BCUT2D eigenvalue weighted by Crippen LogP contribution is 2.42. The van der Waals surface area contributed by atoms with E-state index in [1.165, 1.54) is 0 Å². The van der Waals surface area contributed by atoms with Gasteiger partial charge in [0.2, 0.25) is 0 Å². The predicted molar refractivity (Wildman–Crippen MR) is 74.6 cm³/mol. The summed E-state index contributed by atoms with van der Waals surface area (Å²) in [4.78, 5) is 0. The van der Waals surface area contributed by atoms with Crippen LogP contribution < -0.4 is 5.73 Å². The lowest BCUT2D eigenvalue weighted by Gasteiger charge is -2.39. The van der Waals surface area contributed by atoms with Crippen LogP contribution in [0.3, 0.4) is 0 Å². The molecule has 1 aromatic carbocycles. The summed E-state index contributed by atoms with van der Waals surface area (Å²) >= 11 is 0. The van der Waals surface area contributed by atoms with E-state index in [1.807, 2.05) is 32.0 Å². The Bertz CT molecular complexity index is 461. The van der Waals surface area contributed by atoms with E-state index in [2.05, 4.69) is 0 Å². The van der Waals surface area contributed by atoms with Crippen LogP contribution in [0.2, 0.25) is 0 Å². The Morgan fingerprint density at radius 1 is 1.25 bits per heavy atom. The van der Waals surface area contributed by atoms with Gasteiger partial charge >= 0.3 is 6.18 Å². The number of alkyl halides is 3. The Morgan fingerprint density at radius 2 is 1.85 bits per heavy atom. The number of halogens is 3. The molecule has 4 heteroatoms. The van der Waals surface area contributed by atoms with Gasteiger partial charge in [0.1, 0.15) is 0 Å². The van der Waals surface area contributed by atoms with Gasteiger partial charge in [0.25, 0.3) is 0 Å². The summed E-state index contributed by atoms with van der Waals surface area (Å²) < 4.78 is 38.8. The van der Waals surface area contributed by atoms with Gasteiger partial charge in [0.05, 0.1) is 5.92 Å².